The molecule has 5 heteroatoms. The highest BCUT2D eigenvalue weighted by atomic mass is 32.1. The topological polar surface area (TPSA) is 64.3 Å². The van der Waals surface area contributed by atoms with Crippen LogP contribution in [0.25, 0.3) is 0 Å². The van der Waals surface area contributed by atoms with Gasteiger partial charge in [0, 0.05) is 0 Å². The van der Waals surface area contributed by atoms with Gasteiger partial charge in [0.2, 0.25) is 0 Å². The molecule has 0 saturated carbocycles. The number of benzene rings is 1. The smallest absolute Gasteiger partial charge is 0.276 e. The van der Waals surface area contributed by atoms with Crippen molar-refractivity contribution in [3.63, 3.8) is 0 Å². The zero-order valence-electron chi connectivity index (χ0n) is 8.53. The zero-order valence-corrected chi connectivity index (χ0v) is 9.35. The van der Waals surface area contributed by atoms with Gasteiger partial charge in [-0.15, -0.1) is 0 Å². The van der Waals surface area contributed by atoms with Crippen molar-refractivity contribution in [3.05, 3.63) is 23.8 Å². The lowest BCUT2D eigenvalue weighted by molar-refractivity contribution is -0.111. The standard InChI is InChI=1S/C10H12N2O2S/c1-6-3-4-8(14-2)7(5-6)12-10(15)9(11)13/h3-5H,1-2H3,(H2,11,13)(H,12,15). The predicted octanol–water partition coefficient (Wildman–Crippen LogP) is 1.23. The van der Waals surface area contributed by atoms with Crippen molar-refractivity contribution in [1.82, 2.24) is 0 Å². The molecule has 0 spiro atoms. The molecule has 80 valence electrons. The van der Waals surface area contributed by atoms with E-state index in [1.165, 1.54) is 0 Å². The Labute approximate surface area is 93.4 Å². The molecule has 15 heavy (non-hydrogen) atoms. The lowest BCUT2D eigenvalue weighted by atomic mass is 10.2. The second kappa shape index (κ2) is 4.75. The normalized spacial score (nSPS) is 9.47. The van der Waals surface area contributed by atoms with Crippen molar-refractivity contribution in [3.8, 4) is 5.75 Å². The third kappa shape index (κ3) is 2.92. The molecule has 1 amide bonds. The molecule has 0 aliphatic rings. The Bertz CT molecular complexity index is 404. The molecule has 0 saturated heterocycles. The third-order valence-corrected chi connectivity index (χ3v) is 2.13. The minimum atomic E-state index is -0.659. The fourth-order valence-corrected chi connectivity index (χ4v) is 1.21. The van der Waals surface area contributed by atoms with Crippen molar-refractivity contribution in [2.45, 2.75) is 6.92 Å². The van der Waals surface area contributed by atoms with Gasteiger partial charge in [-0.3, -0.25) is 4.79 Å². The van der Waals surface area contributed by atoms with E-state index in [0.29, 0.717) is 11.4 Å². The van der Waals surface area contributed by atoms with Gasteiger partial charge in [0.1, 0.15) is 5.75 Å². The van der Waals surface area contributed by atoms with E-state index in [1.54, 1.807) is 13.2 Å². The van der Waals surface area contributed by atoms with Crippen LogP contribution in [0.3, 0.4) is 0 Å². The monoisotopic (exact) mass is 224 g/mol. The number of thiocarbonyl (C=S) groups is 1. The molecule has 0 heterocycles. The molecule has 3 N–H and O–H groups in total. The van der Waals surface area contributed by atoms with E-state index in [-0.39, 0.29) is 4.99 Å². The summed E-state index contributed by atoms with van der Waals surface area (Å²) in [5, 5.41) is 2.73. The highest BCUT2D eigenvalue weighted by Crippen LogP contribution is 2.25. The lowest BCUT2D eigenvalue weighted by Gasteiger charge is -2.10. The van der Waals surface area contributed by atoms with Crippen LogP contribution in [-0.4, -0.2) is 18.0 Å². The molecule has 0 aromatic heterocycles. The van der Waals surface area contributed by atoms with Crippen LogP contribution in [0.5, 0.6) is 5.75 Å². The van der Waals surface area contributed by atoms with Gasteiger partial charge in [-0.25, -0.2) is 0 Å². The second-order valence-electron chi connectivity index (χ2n) is 3.02. The van der Waals surface area contributed by atoms with Crippen LogP contribution in [0.15, 0.2) is 18.2 Å². The summed E-state index contributed by atoms with van der Waals surface area (Å²) in [4.78, 5) is 10.7. The molecule has 0 radical (unpaired) electrons. The first-order valence-electron chi connectivity index (χ1n) is 4.30. The number of methoxy groups -OCH3 is 1. The summed E-state index contributed by atoms with van der Waals surface area (Å²) >= 11 is 4.77. The van der Waals surface area contributed by atoms with E-state index in [1.807, 2.05) is 19.1 Å². The first-order valence-corrected chi connectivity index (χ1v) is 4.71. The van der Waals surface area contributed by atoms with Gasteiger partial charge in [-0.1, -0.05) is 18.3 Å². The number of hydrogen-bond donors (Lipinski definition) is 2. The first kappa shape index (κ1) is 11.5. The summed E-state index contributed by atoms with van der Waals surface area (Å²) in [6.45, 7) is 1.93. The van der Waals surface area contributed by atoms with Crippen LogP contribution >= 0.6 is 12.2 Å². The lowest BCUT2D eigenvalue weighted by Crippen LogP contribution is -2.28. The number of hydrogen-bond acceptors (Lipinski definition) is 3. The maximum absolute atomic E-state index is 10.8. The molecule has 0 unspecified atom stereocenters. The van der Waals surface area contributed by atoms with Crippen LogP contribution in [0.2, 0.25) is 0 Å². The number of rotatable bonds is 2. The number of aryl methyl sites for hydroxylation is 1. The minimum absolute atomic E-state index is 0.0288. The van der Waals surface area contributed by atoms with Crippen molar-refractivity contribution < 1.29 is 9.53 Å². The molecule has 0 aliphatic heterocycles. The number of ether oxygens (including phenoxy) is 1. The van der Waals surface area contributed by atoms with Gasteiger partial charge in [-0.2, -0.15) is 0 Å². The van der Waals surface area contributed by atoms with Crippen molar-refractivity contribution in [2.24, 2.45) is 5.73 Å². The number of nitrogens with two attached hydrogens (primary N) is 1. The van der Waals surface area contributed by atoms with E-state index >= 15 is 0 Å². The molecule has 0 bridgehead atoms. The Hall–Kier alpha value is -1.62. The van der Waals surface area contributed by atoms with Gasteiger partial charge in [0.05, 0.1) is 12.8 Å². The largest absolute Gasteiger partial charge is 0.495 e. The maximum Gasteiger partial charge on any atom is 0.276 e. The van der Waals surface area contributed by atoms with Gasteiger partial charge < -0.3 is 15.8 Å². The number of primary amides is 1. The quantitative estimate of drug-likeness (QED) is 0.742. The predicted molar refractivity (Wildman–Crippen MR) is 63.1 cm³/mol. The minimum Gasteiger partial charge on any atom is -0.495 e. The number of carbonyl (C=O) groups excluding carboxylic acids is 1. The van der Waals surface area contributed by atoms with Crippen molar-refractivity contribution in [1.29, 1.82) is 0 Å². The summed E-state index contributed by atoms with van der Waals surface area (Å²) in [7, 11) is 1.54. The zero-order chi connectivity index (χ0) is 11.4. The average Bonchev–Trinajstić information content (AvgIpc) is 2.18. The Kier molecular flexibility index (Phi) is 3.62. The van der Waals surface area contributed by atoms with E-state index in [9.17, 15) is 4.79 Å². The fraction of sp³-hybridized carbons (Fsp3) is 0.200. The van der Waals surface area contributed by atoms with E-state index < -0.39 is 5.91 Å². The van der Waals surface area contributed by atoms with Crippen LogP contribution in [0.1, 0.15) is 5.56 Å². The SMILES string of the molecule is COc1ccc(C)cc1NC(=S)C(N)=O. The van der Waals surface area contributed by atoms with E-state index in [2.05, 4.69) is 5.32 Å². The van der Waals surface area contributed by atoms with E-state index in [0.717, 1.165) is 5.56 Å². The fourth-order valence-electron chi connectivity index (χ4n) is 1.10. The average molecular weight is 224 g/mol. The molecule has 1 rings (SSSR count). The van der Waals surface area contributed by atoms with Gasteiger partial charge in [0.15, 0.2) is 4.99 Å². The van der Waals surface area contributed by atoms with Gasteiger partial charge in [-0.05, 0) is 24.6 Å². The molecule has 0 fully saturated rings. The summed E-state index contributed by atoms with van der Waals surface area (Å²) in [5.74, 6) is -0.0437. The molecule has 0 aliphatic carbocycles. The highest BCUT2D eigenvalue weighted by molar-refractivity contribution is 7.82. The van der Waals surface area contributed by atoms with Crippen molar-refractivity contribution >= 4 is 28.8 Å². The molecular weight excluding hydrogens is 212 g/mol. The molecule has 0 atom stereocenters. The number of amides is 1. The molecule has 1 aromatic carbocycles. The number of carbonyl (C=O) groups is 1. The molecule has 4 nitrogen and oxygen atoms in total. The first-order chi connectivity index (χ1) is 7.04. The van der Waals surface area contributed by atoms with Crippen LogP contribution < -0.4 is 15.8 Å². The third-order valence-electron chi connectivity index (χ3n) is 1.83. The highest BCUT2D eigenvalue weighted by Gasteiger charge is 2.08. The summed E-state index contributed by atoms with van der Waals surface area (Å²) in [6, 6.07) is 5.52. The Morgan fingerprint density at radius 2 is 2.20 bits per heavy atom. The van der Waals surface area contributed by atoms with Crippen LogP contribution in [0.4, 0.5) is 5.69 Å². The van der Waals surface area contributed by atoms with Crippen LogP contribution in [-0.2, 0) is 4.79 Å². The number of nitrogens with one attached hydrogen (secondary N) is 1. The van der Waals surface area contributed by atoms with E-state index in [4.69, 9.17) is 22.7 Å². The Morgan fingerprint density at radius 3 is 2.73 bits per heavy atom. The maximum atomic E-state index is 10.8. The number of anilines is 1. The van der Waals surface area contributed by atoms with Crippen molar-refractivity contribution in [2.75, 3.05) is 12.4 Å². The van der Waals surface area contributed by atoms with Crippen LogP contribution in [0, 0.1) is 6.92 Å². The molecular formula is C10H12N2O2S. The Balaban J connectivity index is 2.97. The summed E-state index contributed by atoms with van der Waals surface area (Å²) < 4.78 is 5.11. The Morgan fingerprint density at radius 1 is 1.53 bits per heavy atom. The summed E-state index contributed by atoms with van der Waals surface area (Å²) in [5.41, 5.74) is 6.70. The second-order valence-corrected chi connectivity index (χ2v) is 3.43. The van der Waals surface area contributed by atoms with Gasteiger partial charge >= 0.3 is 0 Å². The summed E-state index contributed by atoms with van der Waals surface area (Å²) in [6.07, 6.45) is 0. The molecule has 1 aromatic rings. The van der Waals surface area contributed by atoms with Gasteiger partial charge in [0.25, 0.3) is 5.91 Å².